The summed E-state index contributed by atoms with van der Waals surface area (Å²) in [6.45, 7) is 0. The van der Waals surface area contributed by atoms with Gasteiger partial charge in [-0.05, 0) is 16.3 Å². The maximum absolute atomic E-state index is 12.5. The normalized spacial score (nSPS) is 11.7. The molecule has 0 heterocycles. The zero-order valence-corrected chi connectivity index (χ0v) is 14.3. The Morgan fingerprint density at radius 1 is 0.704 bits per heavy atom. The number of Topliss-reactive ketones (excluding diaryl/α,β-unsaturated/α-hetero) is 1. The fourth-order valence-corrected chi connectivity index (χ4v) is 3.01. The smallest absolute Gasteiger partial charge is 0.336 e. The summed E-state index contributed by atoms with van der Waals surface area (Å²) in [5, 5.41) is 20.8. The topological polar surface area (TPSA) is 91.7 Å². The lowest BCUT2D eigenvalue weighted by atomic mass is 9.91. The fraction of sp³-hybridized carbons (Fsp3) is 0.0455. The minimum absolute atomic E-state index is 0.277. The number of carboxylic acid groups (broad SMARTS) is 2. The number of carbonyl (C=O) groups is 3. The molecule has 0 atom stereocenters. The van der Waals surface area contributed by atoms with Gasteiger partial charge < -0.3 is 10.2 Å². The molecule has 134 valence electrons. The van der Waals surface area contributed by atoms with Crippen LogP contribution in [-0.4, -0.2) is 27.9 Å². The van der Waals surface area contributed by atoms with E-state index in [1.54, 1.807) is 54.6 Å². The summed E-state index contributed by atoms with van der Waals surface area (Å²) in [7, 11) is 0. The van der Waals surface area contributed by atoms with Crippen molar-refractivity contribution < 1.29 is 24.6 Å². The van der Waals surface area contributed by atoms with E-state index >= 15 is 0 Å². The Morgan fingerprint density at radius 3 is 2.00 bits per heavy atom. The lowest BCUT2D eigenvalue weighted by molar-refractivity contribution is -0.134. The minimum atomic E-state index is -1.43. The van der Waals surface area contributed by atoms with Crippen LogP contribution in [0.3, 0.4) is 0 Å². The summed E-state index contributed by atoms with van der Waals surface area (Å²) in [6.07, 6.45) is -0.510. The molecule has 0 aliphatic carbocycles. The number of rotatable bonds is 6. The fourth-order valence-electron chi connectivity index (χ4n) is 3.01. The van der Waals surface area contributed by atoms with Crippen molar-refractivity contribution in [1.29, 1.82) is 0 Å². The van der Waals surface area contributed by atoms with Gasteiger partial charge in [-0.2, -0.15) is 0 Å². The molecular weight excluding hydrogens is 344 g/mol. The summed E-state index contributed by atoms with van der Waals surface area (Å²) < 4.78 is 0. The molecule has 5 heteroatoms. The number of benzene rings is 3. The van der Waals surface area contributed by atoms with Gasteiger partial charge >= 0.3 is 11.9 Å². The van der Waals surface area contributed by atoms with Crippen LogP contribution in [0, 0.1) is 0 Å². The van der Waals surface area contributed by atoms with Gasteiger partial charge in [-0.25, -0.2) is 9.59 Å². The highest BCUT2D eigenvalue weighted by atomic mass is 16.4. The zero-order chi connectivity index (χ0) is 19.4. The number of hydrogen-bond donors (Lipinski definition) is 2. The molecule has 3 aromatic carbocycles. The van der Waals surface area contributed by atoms with Crippen LogP contribution in [0.2, 0.25) is 0 Å². The van der Waals surface area contributed by atoms with Gasteiger partial charge in [0.2, 0.25) is 0 Å². The molecule has 0 saturated carbocycles. The Morgan fingerprint density at radius 2 is 1.33 bits per heavy atom. The zero-order valence-electron chi connectivity index (χ0n) is 14.3. The van der Waals surface area contributed by atoms with Gasteiger partial charge in [0.05, 0.1) is 11.1 Å². The predicted octanol–water partition coefficient (Wildman–Crippen LogP) is 4.04. The van der Waals surface area contributed by atoms with Crippen LogP contribution >= 0.6 is 0 Å². The third-order valence-electron chi connectivity index (χ3n) is 4.27. The average molecular weight is 360 g/mol. The van der Waals surface area contributed by atoms with Crippen molar-refractivity contribution in [3.8, 4) is 0 Å². The van der Waals surface area contributed by atoms with E-state index in [1.165, 1.54) is 0 Å². The maximum Gasteiger partial charge on any atom is 0.336 e. The molecule has 0 aliphatic rings. The number of aliphatic carboxylic acids is 2. The number of fused-ring (bicyclic) bond motifs is 1. The lowest BCUT2D eigenvalue weighted by Crippen LogP contribution is -2.14. The highest BCUT2D eigenvalue weighted by molar-refractivity contribution is 6.26. The minimum Gasteiger partial charge on any atom is -0.478 e. The first kappa shape index (κ1) is 18.1. The van der Waals surface area contributed by atoms with Crippen molar-refractivity contribution in [2.75, 3.05) is 0 Å². The van der Waals surface area contributed by atoms with Crippen molar-refractivity contribution in [2.45, 2.75) is 6.42 Å². The highest BCUT2D eigenvalue weighted by Gasteiger charge is 2.25. The van der Waals surface area contributed by atoms with Gasteiger partial charge in [-0.3, -0.25) is 4.79 Å². The van der Waals surface area contributed by atoms with Gasteiger partial charge in [0.25, 0.3) is 0 Å². The van der Waals surface area contributed by atoms with Gasteiger partial charge in [0.15, 0.2) is 5.78 Å². The van der Waals surface area contributed by atoms with E-state index in [4.69, 9.17) is 0 Å². The van der Waals surface area contributed by atoms with Crippen LogP contribution < -0.4 is 0 Å². The first-order valence-electron chi connectivity index (χ1n) is 8.25. The highest BCUT2D eigenvalue weighted by Crippen LogP contribution is 2.29. The summed E-state index contributed by atoms with van der Waals surface area (Å²) in [5.41, 5.74) is -0.200. The van der Waals surface area contributed by atoms with Crippen molar-refractivity contribution in [2.24, 2.45) is 0 Å². The Labute approximate surface area is 155 Å². The molecule has 0 bridgehead atoms. The molecule has 0 radical (unpaired) electrons. The Bertz CT molecular complexity index is 1060. The predicted molar refractivity (Wildman–Crippen MR) is 102 cm³/mol. The van der Waals surface area contributed by atoms with E-state index in [-0.39, 0.29) is 11.1 Å². The molecule has 27 heavy (non-hydrogen) atoms. The molecule has 0 fully saturated rings. The monoisotopic (exact) mass is 360 g/mol. The van der Waals surface area contributed by atoms with E-state index < -0.39 is 29.7 Å². The third kappa shape index (κ3) is 3.77. The average Bonchev–Trinajstić information content (AvgIpc) is 2.68. The van der Waals surface area contributed by atoms with Crippen LogP contribution in [-0.2, 0) is 9.59 Å². The van der Waals surface area contributed by atoms with E-state index in [2.05, 4.69) is 0 Å². The molecular formula is C22H16O5. The van der Waals surface area contributed by atoms with Crippen molar-refractivity contribution in [3.63, 3.8) is 0 Å². The van der Waals surface area contributed by atoms with Gasteiger partial charge in [-0.15, -0.1) is 0 Å². The van der Waals surface area contributed by atoms with Crippen LogP contribution in [0.4, 0.5) is 0 Å². The van der Waals surface area contributed by atoms with Crippen molar-refractivity contribution >= 4 is 34.1 Å². The summed E-state index contributed by atoms with van der Waals surface area (Å²) >= 11 is 0. The summed E-state index contributed by atoms with van der Waals surface area (Å²) in [4.78, 5) is 36.3. The molecule has 2 N–H and O–H groups in total. The molecule has 0 amide bonds. The second-order valence-corrected chi connectivity index (χ2v) is 5.96. The number of carboxylic acids is 2. The molecule has 5 nitrogen and oxygen atoms in total. The second kappa shape index (κ2) is 7.66. The van der Waals surface area contributed by atoms with Crippen LogP contribution in [0.1, 0.15) is 22.3 Å². The summed E-state index contributed by atoms with van der Waals surface area (Å²) in [5.74, 6) is -3.26. The van der Waals surface area contributed by atoms with Crippen LogP contribution in [0.25, 0.3) is 16.3 Å². The van der Waals surface area contributed by atoms with Gasteiger partial charge in [0, 0.05) is 12.0 Å². The molecule has 0 unspecified atom stereocenters. The van der Waals surface area contributed by atoms with Crippen molar-refractivity contribution in [1.82, 2.24) is 0 Å². The second-order valence-electron chi connectivity index (χ2n) is 5.96. The Balaban J connectivity index is 2.18. The molecule has 0 aliphatic heterocycles. The van der Waals surface area contributed by atoms with Crippen molar-refractivity contribution in [3.05, 3.63) is 89.5 Å². The number of carbonyl (C=O) groups excluding carboxylic acids is 1. The van der Waals surface area contributed by atoms with E-state index in [9.17, 15) is 24.6 Å². The Kier molecular flexibility index (Phi) is 5.13. The Hall–Kier alpha value is -3.73. The number of ketones is 1. The largest absolute Gasteiger partial charge is 0.478 e. The third-order valence-corrected chi connectivity index (χ3v) is 4.27. The molecule has 0 spiro atoms. The first-order valence-corrected chi connectivity index (χ1v) is 8.25. The SMILES string of the molecule is O=C(O)C(CC(=O)c1ccccc1)=C(C(=O)O)c1cccc2ccccc12. The molecule has 0 aromatic heterocycles. The maximum atomic E-state index is 12.5. The number of hydrogen-bond acceptors (Lipinski definition) is 3. The molecule has 3 rings (SSSR count). The molecule has 0 saturated heterocycles. The molecule has 3 aromatic rings. The quantitative estimate of drug-likeness (QED) is 0.511. The van der Waals surface area contributed by atoms with Gasteiger partial charge in [-0.1, -0.05) is 72.8 Å². The van der Waals surface area contributed by atoms with E-state index in [1.807, 2.05) is 18.2 Å². The standard InChI is InChI=1S/C22H16O5/c23-19(15-8-2-1-3-9-15)13-18(21(24)25)20(22(26)27)17-12-6-10-14-7-4-5-11-16(14)17/h1-12H,13H2,(H,24,25)(H,26,27). The van der Waals surface area contributed by atoms with Crippen LogP contribution in [0.15, 0.2) is 78.4 Å². The lowest BCUT2D eigenvalue weighted by Gasteiger charge is -2.12. The van der Waals surface area contributed by atoms with Crippen LogP contribution in [0.5, 0.6) is 0 Å². The summed E-state index contributed by atoms with van der Waals surface area (Å²) in [6, 6.07) is 20.4. The van der Waals surface area contributed by atoms with E-state index in [0.717, 1.165) is 5.39 Å². The first-order chi connectivity index (χ1) is 13.0. The van der Waals surface area contributed by atoms with Gasteiger partial charge in [0.1, 0.15) is 0 Å². The van der Waals surface area contributed by atoms with E-state index in [0.29, 0.717) is 10.9 Å².